The summed E-state index contributed by atoms with van der Waals surface area (Å²) in [6, 6.07) is 1.50. The summed E-state index contributed by atoms with van der Waals surface area (Å²) in [6.45, 7) is 8.72. The van der Waals surface area contributed by atoms with E-state index in [1.807, 2.05) is 20.8 Å². The molecule has 2 amide bonds. The number of piperidine rings is 1. The monoisotopic (exact) mass is 474 g/mol. The quantitative estimate of drug-likeness (QED) is 0.589. The van der Waals surface area contributed by atoms with Gasteiger partial charge in [-0.25, -0.2) is 9.59 Å². The molecule has 2 atom stereocenters. The molecule has 0 radical (unpaired) electrons. The van der Waals surface area contributed by atoms with Crippen LogP contribution < -0.4 is 4.90 Å². The van der Waals surface area contributed by atoms with E-state index >= 15 is 0 Å². The molecule has 33 heavy (non-hydrogen) atoms. The third-order valence-electron chi connectivity index (χ3n) is 6.49. The van der Waals surface area contributed by atoms with E-state index in [0.29, 0.717) is 36.5 Å². The second kappa shape index (κ2) is 10.2. The number of likely N-dealkylation sites (tertiary alicyclic amines) is 1. The van der Waals surface area contributed by atoms with Crippen molar-refractivity contribution in [3.05, 3.63) is 15.8 Å². The molecule has 0 bridgehead atoms. The van der Waals surface area contributed by atoms with Crippen LogP contribution in [0.15, 0.2) is 6.07 Å². The Morgan fingerprint density at radius 2 is 1.73 bits per heavy atom. The number of hydrogen-bond acceptors (Lipinski definition) is 4. The van der Waals surface area contributed by atoms with Crippen molar-refractivity contribution in [1.82, 2.24) is 4.90 Å². The molecule has 1 aromatic heterocycles. The highest BCUT2D eigenvalue weighted by Gasteiger charge is 2.39. The molecule has 0 spiro atoms. The first-order valence-electron chi connectivity index (χ1n) is 11.7. The van der Waals surface area contributed by atoms with E-state index in [-0.39, 0.29) is 34.1 Å². The largest absolute Gasteiger partial charge is 0.477 e. The standard InChI is InChI=1S/C25H34N2O5S/c1-16-7-5-6-8-19(16)22(28)27(17-10-13-26(14-11-17)24(31)32)20-15-18(9-12-25(2,3)4)33-21(20)23(29)30/h15-17,19H,5-8,10-11,13-14H2,1-4H3,(H,29,30)(H,31,32)/t16-,19-/m1/s1. The third-order valence-corrected chi connectivity index (χ3v) is 7.52. The summed E-state index contributed by atoms with van der Waals surface area (Å²) in [5.41, 5.74) is 0.173. The molecule has 2 fully saturated rings. The zero-order valence-electron chi connectivity index (χ0n) is 19.9. The van der Waals surface area contributed by atoms with Gasteiger partial charge in [0.1, 0.15) is 4.88 Å². The van der Waals surface area contributed by atoms with Gasteiger partial charge in [0, 0.05) is 30.5 Å². The van der Waals surface area contributed by atoms with Gasteiger partial charge in [0.05, 0.1) is 10.6 Å². The highest BCUT2D eigenvalue weighted by molar-refractivity contribution is 7.15. The number of carboxylic acids is 1. The van der Waals surface area contributed by atoms with Gasteiger partial charge < -0.3 is 20.0 Å². The van der Waals surface area contributed by atoms with Crippen LogP contribution in [-0.4, -0.2) is 52.2 Å². The number of nitrogens with zero attached hydrogens (tertiary/aromatic N) is 2. The fourth-order valence-electron chi connectivity index (χ4n) is 4.70. The molecule has 1 saturated carbocycles. The maximum absolute atomic E-state index is 13.9. The summed E-state index contributed by atoms with van der Waals surface area (Å²) >= 11 is 1.10. The topological polar surface area (TPSA) is 98.2 Å². The lowest BCUT2D eigenvalue weighted by molar-refractivity contribution is -0.125. The SMILES string of the molecule is C[C@@H]1CCCC[C@H]1C(=O)N(c1cc(C#CC(C)(C)C)sc1C(=O)O)C1CCN(C(=O)O)CC1. The number of thiophene rings is 1. The normalized spacial score (nSPS) is 21.8. The van der Waals surface area contributed by atoms with E-state index in [1.165, 1.54) is 4.90 Å². The van der Waals surface area contributed by atoms with E-state index in [2.05, 4.69) is 18.8 Å². The van der Waals surface area contributed by atoms with Crippen molar-refractivity contribution in [3.63, 3.8) is 0 Å². The maximum atomic E-state index is 13.9. The minimum atomic E-state index is -1.07. The zero-order valence-corrected chi connectivity index (χ0v) is 20.7. The van der Waals surface area contributed by atoms with Gasteiger partial charge in [-0.15, -0.1) is 11.3 Å². The van der Waals surface area contributed by atoms with Crippen molar-refractivity contribution in [1.29, 1.82) is 0 Å². The molecule has 2 heterocycles. The minimum absolute atomic E-state index is 0.0356. The predicted octanol–water partition coefficient (Wildman–Crippen LogP) is 5.15. The molecule has 0 unspecified atom stereocenters. The summed E-state index contributed by atoms with van der Waals surface area (Å²) in [5.74, 6) is 5.21. The number of carbonyl (C=O) groups is 3. The Morgan fingerprint density at radius 3 is 2.27 bits per heavy atom. The third kappa shape index (κ3) is 6.08. The van der Waals surface area contributed by atoms with Crippen molar-refractivity contribution in [2.45, 2.75) is 72.3 Å². The Hall–Kier alpha value is -2.53. The highest BCUT2D eigenvalue weighted by atomic mass is 32.1. The molecule has 1 aromatic rings. The van der Waals surface area contributed by atoms with Crippen molar-refractivity contribution < 1.29 is 24.6 Å². The number of hydrogen-bond donors (Lipinski definition) is 2. The highest BCUT2D eigenvalue weighted by Crippen LogP contribution is 2.38. The summed E-state index contributed by atoms with van der Waals surface area (Å²) in [7, 11) is 0. The molecule has 2 aliphatic rings. The first-order chi connectivity index (χ1) is 15.5. The lowest BCUT2D eigenvalue weighted by Crippen LogP contribution is -2.51. The molecule has 1 aliphatic carbocycles. The molecular weight excluding hydrogens is 440 g/mol. The average molecular weight is 475 g/mol. The number of amides is 2. The fraction of sp³-hybridized carbons (Fsp3) is 0.640. The lowest BCUT2D eigenvalue weighted by Gasteiger charge is -2.40. The summed E-state index contributed by atoms with van der Waals surface area (Å²) in [5, 5.41) is 19.3. The van der Waals surface area contributed by atoms with Crippen molar-refractivity contribution >= 4 is 35.0 Å². The van der Waals surface area contributed by atoms with Crippen LogP contribution in [0.4, 0.5) is 10.5 Å². The Kier molecular flexibility index (Phi) is 7.73. The number of carbonyl (C=O) groups excluding carboxylic acids is 1. The van der Waals surface area contributed by atoms with Gasteiger partial charge in [-0.05, 0) is 58.4 Å². The van der Waals surface area contributed by atoms with Crippen LogP contribution in [0.25, 0.3) is 0 Å². The van der Waals surface area contributed by atoms with Crippen LogP contribution in [0.5, 0.6) is 0 Å². The maximum Gasteiger partial charge on any atom is 0.407 e. The predicted molar refractivity (Wildman–Crippen MR) is 129 cm³/mol. The number of rotatable bonds is 4. The molecule has 1 aliphatic heterocycles. The Bertz CT molecular complexity index is 960. The Labute approximate surface area is 199 Å². The fourth-order valence-corrected chi connectivity index (χ4v) is 5.54. The molecule has 2 N–H and O–H groups in total. The number of aromatic carboxylic acids is 1. The van der Waals surface area contributed by atoms with Gasteiger partial charge in [-0.3, -0.25) is 4.79 Å². The van der Waals surface area contributed by atoms with Gasteiger partial charge in [0.25, 0.3) is 0 Å². The van der Waals surface area contributed by atoms with Crippen molar-refractivity contribution in [3.8, 4) is 11.8 Å². The van der Waals surface area contributed by atoms with Crippen molar-refractivity contribution in [2.24, 2.45) is 17.3 Å². The molecular formula is C25H34N2O5S. The van der Waals surface area contributed by atoms with Gasteiger partial charge in [0.2, 0.25) is 5.91 Å². The molecule has 180 valence electrons. The summed E-state index contributed by atoms with van der Waals surface area (Å²) < 4.78 is 0. The van der Waals surface area contributed by atoms with Gasteiger partial charge >= 0.3 is 12.1 Å². The van der Waals surface area contributed by atoms with Crippen molar-refractivity contribution in [2.75, 3.05) is 18.0 Å². The number of carboxylic acid groups (broad SMARTS) is 2. The van der Waals surface area contributed by atoms with Gasteiger partial charge in [0.15, 0.2) is 0 Å². The van der Waals surface area contributed by atoms with E-state index < -0.39 is 12.1 Å². The molecule has 7 nitrogen and oxygen atoms in total. The van der Waals surface area contributed by atoms with Crippen LogP contribution in [0.1, 0.15) is 80.8 Å². The number of anilines is 1. The second-order valence-corrected chi connectivity index (χ2v) is 11.3. The van der Waals surface area contributed by atoms with E-state index in [4.69, 9.17) is 0 Å². The van der Waals surface area contributed by atoms with E-state index in [0.717, 1.165) is 37.0 Å². The first kappa shape index (κ1) is 25.1. The van der Waals surface area contributed by atoms with E-state index in [9.17, 15) is 24.6 Å². The Morgan fingerprint density at radius 1 is 1.09 bits per heavy atom. The van der Waals surface area contributed by atoms with E-state index in [1.54, 1.807) is 11.0 Å². The smallest absolute Gasteiger partial charge is 0.407 e. The zero-order chi connectivity index (χ0) is 24.3. The summed E-state index contributed by atoms with van der Waals surface area (Å²) in [4.78, 5) is 41.2. The molecule has 8 heteroatoms. The average Bonchev–Trinajstić information content (AvgIpc) is 3.17. The molecule has 1 saturated heterocycles. The van der Waals surface area contributed by atoms with Gasteiger partial charge in [-0.2, -0.15) is 0 Å². The van der Waals surface area contributed by atoms with Gasteiger partial charge in [-0.1, -0.05) is 31.6 Å². The molecule has 3 rings (SSSR count). The molecule has 0 aromatic carbocycles. The Balaban J connectivity index is 2.02. The summed E-state index contributed by atoms with van der Waals surface area (Å²) in [6.07, 6.45) is 3.88. The first-order valence-corrected chi connectivity index (χ1v) is 12.5. The van der Waals surface area contributed by atoms with Crippen LogP contribution >= 0.6 is 11.3 Å². The minimum Gasteiger partial charge on any atom is -0.477 e. The lowest BCUT2D eigenvalue weighted by atomic mass is 9.79. The van der Waals surface area contributed by atoms with Crippen LogP contribution in [0, 0.1) is 29.1 Å². The second-order valence-electron chi connectivity index (χ2n) is 10.2. The van der Waals surface area contributed by atoms with Crippen LogP contribution in [0.2, 0.25) is 0 Å². The van der Waals surface area contributed by atoms with Crippen LogP contribution in [0.3, 0.4) is 0 Å². The van der Waals surface area contributed by atoms with Crippen LogP contribution in [-0.2, 0) is 4.79 Å².